The van der Waals surface area contributed by atoms with Crippen LogP contribution >= 0.6 is 0 Å². The van der Waals surface area contributed by atoms with Crippen molar-refractivity contribution < 1.29 is 9.59 Å². The van der Waals surface area contributed by atoms with E-state index in [2.05, 4.69) is 56.0 Å². The molecule has 0 saturated carbocycles. The van der Waals surface area contributed by atoms with E-state index in [1.54, 1.807) is 0 Å². The summed E-state index contributed by atoms with van der Waals surface area (Å²) in [7, 11) is 0. The Labute approximate surface area is 158 Å². The highest BCUT2D eigenvalue weighted by atomic mass is 16.3. The second-order valence-electron chi connectivity index (χ2n) is 7.86. The largest absolute Gasteiger partial charge is 0.508 e. The molecule has 1 atom stereocenters. The zero-order valence-electron chi connectivity index (χ0n) is 16.0. The Hall–Kier alpha value is -2.06. The maximum absolute atomic E-state index is 10.5. The lowest BCUT2D eigenvalue weighted by Crippen LogP contribution is -2.52. The van der Waals surface area contributed by atoms with Crippen molar-refractivity contribution in [1.29, 1.82) is 0 Å². The number of benzene rings is 2. The minimum absolute atomic E-state index is 0.234. The predicted octanol–water partition coefficient (Wildman–Crippen LogP) is 5.41. The van der Waals surface area contributed by atoms with Crippen LogP contribution < -0.4 is 0 Å². The van der Waals surface area contributed by atoms with Gasteiger partial charge in [-0.25, -0.2) is 0 Å². The van der Waals surface area contributed by atoms with E-state index >= 15 is 0 Å². The summed E-state index contributed by atoms with van der Waals surface area (Å²) in [5.41, 5.74) is 3.55. The van der Waals surface area contributed by atoms with Gasteiger partial charge in [-0.2, -0.15) is 0 Å². The third-order valence-electron chi connectivity index (χ3n) is 5.93. The highest BCUT2D eigenvalue weighted by Crippen LogP contribution is 2.35. The molecular weight excluding hydrogens is 318 g/mol. The average Bonchev–Trinajstić information content (AvgIpc) is 2.66. The molecule has 0 bridgehead atoms. The van der Waals surface area contributed by atoms with Crippen LogP contribution in [0.3, 0.4) is 0 Å². The Morgan fingerprint density at radius 1 is 1.08 bits per heavy atom. The summed E-state index contributed by atoms with van der Waals surface area (Å²) in [6.45, 7) is 10.8. The van der Waals surface area contributed by atoms with E-state index in [4.69, 9.17) is 0 Å². The fourth-order valence-electron chi connectivity index (χ4n) is 4.50. The van der Waals surface area contributed by atoms with Crippen LogP contribution in [0, 0.1) is 6.92 Å². The molecule has 138 valence electrons. The number of piperidine rings is 1. The lowest BCUT2D eigenvalue weighted by Gasteiger charge is -2.41. The first kappa shape index (κ1) is 18.7. The molecule has 2 heteroatoms. The van der Waals surface area contributed by atoms with E-state index in [1.165, 1.54) is 43.5 Å². The molecular formula is C24H32NO+. The molecule has 0 spiro atoms. The quantitative estimate of drug-likeness (QED) is 0.523. The molecule has 0 aliphatic carbocycles. The first-order valence-corrected chi connectivity index (χ1v) is 9.94. The van der Waals surface area contributed by atoms with Crippen LogP contribution in [0.2, 0.25) is 0 Å². The molecule has 1 saturated heterocycles. The molecule has 2 nitrogen and oxygen atoms in total. The van der Waals surface area contributed by atoms with Gasteiger partial charge in [0.05, 0.1) is 26.2 Å². The van der Waals surface area contributed by atoms with Gasteiger partial charge in [0.15, 0.2) is 0 Å². The molecule has 3 rings (SSSR count). The second-order valence-corrected chi connectivity index (χ2v) is 7.86. The van der Waals surface area contributed by atoms with Gasteiger partial charge < -0.3 is 9.59 Å². The van der Waals surface area contributed by atoms with E-state index in [0.29, 0.717) is 5.75 Å². The van der Waals surface area contributed by atoms with Gasteiger partial charge in [0.1, 0.15) is 5.75 Å². The van der Waals surface area contributed by atoms with Crippen molar-refractivity contribution in [3.05, 3.63) is 77.9 Å². The summed E-state index contributed by atoms with van der Waals surface area (Å²) in [5, 5.41) is 10.5. The third-order valence-corrected chi connectivity index (χ3v) is 5.93. The normalized spacial score (nSPS) is 17.6. The fourth-order valence-corrected chi connectivity index (χ4v) is 4.50. The standard InChI is InChI=1S/C24H31NO/c1-3-15-25(16-8-5-9-17-25)18-14-22(21-10-6-4-7-11-21)23-19-20(2)12-13-24(23)26/h3-4,6-7,10-13,19,22H,1,5,8-9,14-18H2,2H3/p+1. The molecule has 1 unspecified atom stereocenters. The highest BCUT2D eigenvalue weighted by Gasteiger charge is 2.30. The number of aromatic hydroxyl groups is 1. The van der Waals surface area contributed by atoms with Crippen molar-refractivity contribution in [1.82, 2.24) is 0 Å². The Bertz CT molecular complexity index is 716. The van der Waals surface area contributed by atoms with E-state index in [1.807, 2.05) is 12.1 Å². The van der Waals surface area contributed by atoms with Gasteiger partial charge in [-0.05, 0) is 43.9 Å². The van der Waals surface area contributed by atoms with Crippen molar-refractivity contribution in [3.63, 3.8) is 0 Å². The van der Waals surface area contributed by atoms with Gasteiger partial charge in [-0.1, -0.05) is 54.6 Å². The predicted molar refractivity (Wildman–Crippen MR) is 110 cm³/mol. The van der Waals surface area contributed by atoms with Crippen molar-refractivity contribution in [3.8, 4) is 5.75 Å². The molecule has 2 aromatic rings. The van der Waals surface area contributed by atoms with Crippen LogP contribution in [0.25, 0.3) is 0 Å². The number of phenolic OH excluding ortho intramolecular Hbond substituents is 1. The first-order valence-electron chi connectivity index (χ1n) is 9.94. The number of hydrogen-bond donors (Lipinski definition) is 1. The fraction of sp³-hybridized carbons (Fsp3) is 0.417. The van der Waals surface area contributed by atoms with Gasteiger partial charge >= 0.3 is 0 Å². The molecule has 1 fully saturated rings. The number of phenols is 1. The summed E-state index contributed by atoms with van der Waals surface area (Å²) in [4.78, 5) is 0. The maximum Gasteiger partial charge on any atom is 0.119 e. The summed E-state index contributed by atoms with van der Waals surface area (Å²) >= 11 is 0. The topological polar surface area (TPSA) is 20.2 Å². The molecule has 1 aliphatic rings. The third kappa shape index (κ3) is 4.37. The Balaban J connectivity index is 1.89. The Kier molecular flexibility index (Phi) is 6.16. The lowest BCUT2D eigenvalue weighted by molar-refractivity contribution is -0.927. The van der Waals surface area contributed by atoms with Gasteiger partial charge in [0.2, 0.25) is 0 Å². The molecule has 0 radical (unpaired) electrons. The number of quaternary nitrogens is 1. The first-order chi connectivity index (χ1) is 12.6. The van der Waals surface area contributed by atoms with Crippen molar-refractivity contribution >= 4 is 0 Å². The van der Waals surface area contributed by atoms with Crippen molar-refractivity contribution in [2.75, 3.05) is 26.2 Å². The van der Waals surface area contributed by atoms with E-state index < -0.39 is 0 Å². The zero-order chi connectivity index (χ0) is 18.4. The van der Waals surface area contributed by atoms with E-state index in [0.717, 1.165) is 29.6 Å². The average molecular weight is 351 g/mol. The molecule has 0 amide bonds. The number of aryl methyl sites for hydroxylation is 1. The summed E-state index contributed by atoms with van der Waals surface area (Å²) in [6.07, 6.45) is 7.14. The number of nitrogens with zero attached hydrogens (tertiary/aromatic N) is 1. The van der Waals surface area contributed by atoms with Crippen molar-refractivity contribution in [2.24, 2.45) is 0 Å². The van der Waals surface area contributed by atoms with E-state index in [9.17, 15) is 5.11 Å². The number of hydrogen-bond acceptors (Lipinski definition) is 1. The summed E-state index contributed by atoms with van der Waals surface area (Å²) < 4.78 is 1.15. The maximum atomic E-state index is 10.5. The van der Waals surface area contributed by atoms with Gasteiger partial charge in [-0.3, -0.25) is 0 Å². The monoisotopic (exact) mass is 350 g/mol. The van der Waals surface area contributed by atoms with E-state index in [-0.39, 0.29) is 5.92 Å². The zero-order valence-corrected chi connectivity index (χ0v) is 16.0. The minimum atomic E-state index is 0.234. The number of rotatable bonds is 7. The van der Waals surface area contributed by atoms with Crippen LogP contribution in [0.5, 0.6) is 5.75 Å². The Morgan fingerprint density at radius 2 is 1.81 bits per heavy atom. The van der Waals surface area contributed by atoms with Gasteiger partial charge in [-0.15, -0.1) is 0 Å². The molecule has 26 heavy (non-hydrogen) atoms. The molecule has 1 aliphatic heterocycles. The second kappa shape index (κ2) is 8.55. The Morgan fingerprint density at radius 3 is 2.50 bits per heavy atom. The summed E-state index contributed by atoms with van der Waals surface area (Å²) in [6, 6.07) is 16.6. The molecule has 1 N–H and O–H groups in total. The van der Waals surface area contributed by atoms with Gasteiger partial charge in [0.25, 0.3) is 0 Å². The number of likely N-dealkylation sites (tertiary alicyclic amines) is 1. The smallest absolute Gasteiger partial charge is 0.119 e. The van der Waals surface area contributed by atoms with Crippen molar-refractivity contribution in [2.45, 2.75) is 38.5 Å². The van der Waals surface area contributed by atoms with Crippen LogP contribution in [0.4, 0.5) is 0 Å². The van der Waals surface area contributed by atoms with Crippen LogP contribution in [0.1, 0.15) is 48.3 Å². The highest BCUT2D eigenvalue weighted by molar-refractivity contribution is 5.43. The molecule has 2 aromatic carbocycles. The molecule has 1 heterocycles. The minimum Gasteiger partial charge on any atom is -0.508 e. The summed E-state index contributed by atoms with van der Waals surface area (Å²) in [5.74, 6) is 0.649. The van der Waals surface area contributed by atoms with Crippen LogP contribution in [0.15, 0.2) is 61.2 Å². The lowest BCUT2D eigenvalue weighted by atomic mass is 9.86. The van der Waals surface area contributed by atoms with Gasteiger partial charge in [0, 0.05) is 17.9 Å². The SMILES string of the molecule is C=CC[N+]1(CCC(c2ccccc2)c2cc(C)ccc2O)CCCCC1. The van der Waals surface area contributed by atoms with Crippen LogP contribution in [-0.4, -0.2) is 35.8 Å². The van der Waals surface area contributed by atoms with Crippen LogP contribution in [-0.2, 0) is 0 Å². The molecule has 0 aromatic heterocycles.